The summed E-state index contributed by atoms with van der Waals surface area (Å²) in [5.41, 5.74) is 1.54. The number of hydrogen-bond donors (Lipinski definition) is 2. The van der Waals surface area contributed by atoms with E-state index < -0.39 is 5.97 Å². The number of carbonyl (C=O) groups is 1. The second kappa shape index (κ2) is 5.92. The number of benzene rings is 1. The van der Waals surface area contributed by atoms with Gasteiger partial charge in [-0.3, -0.25) is 0 Å². The molecule has 0 aliphatic rings. The minimum absolute atomic E-state index is 0.122. The number of carboxylic acids is 1. The summed E-state index contributed by atoms with van der Waals surface area (Å²) in [5, 5.41) is 12.8. The van der Waals surface area contributed by atoms with Crippen molar-refractivity contribution in [2.24, 2.45) is 0 Å². The van der Waals surface area contributed by atoms with Crippen molar-refractivity contribution >= 4 is 28.2 Å². The molecule has 0 saturated heterocycles. The molecule has 0 aliphatic carbocycles. The summed E-state index contributed by atoms with van der Waals surface area (Å²) in [6.07, 6.45) is 0.122. The highest BCUT2D eigenvalue weighted by Crippen LogP contribution is 2.28. The van der Waals surface area contributed by atoms with Gasteiger partial charge in [-0.15, -0.1) is 0 Å². The van der Waals surface area contributed by atoms with Gasteiger partial charge in [0.2, 0.25) is 0 Å². The summed E-state index contributed by atoms with van der Waals surface area (Å²) in [7, 11) is 0. The molecule has 1 aromatic heterocycles. The topological polar surface area (TPSA) is 71.5 Å². The number of rotatable bonds is 5. The van der Waals surface area contributed by atoms with Crippen LogP contribution < -0.4 is 10.1 Å². The monoisotopic (exact) mass is 292 g/mol. The van der Waals surface area contributed by atoms with Crippen molar-refractivity contribution in [2.45, 2.75) is 26.9 Å². The van der Waals surface area contributed by atoms with Crippen molar-refractivity contribution in [3.8, 4) is 5.75 Å². The standard InChI is InChI=1S/C14H16N2O3S/c1-8(2)19-11-6-4-10(5-7-11)15-13-12(14(17)18)9(3)16-20-13/h4-8,15H,1-3H3,(H,17,18). The molecule has 106 valence electrons. The van der Waals surface area contributed by atoms with E-state index in [0.717, 1.165) is 23.0 Å². The summed E-state index contributed by atoms with van der Waals surface area (Å²) in [6, 6.07) is 7.38. The lowest BCUT2D eigenvalue weighted by atomic mass is 10.2. The van der Waals surface area contributed by atoms with Crippen LogP contribution in [-0.4, -0.2) is 21.6 Å². The maximum Gasteiger partial charge on any atom is 0.340 e. The predicted molar refractivity (Wildman–Crippen MR) is 79.3 cm³/mol. The van der Waals surface area contributed by atoms with Gasteiger partial charge >= 0.3 is 5.97 Å². The summed E-state index contributed by atoms with van der Waals surface area (Å²) in [5.74, 6) is -0.192. The Morgan fingerprint density at radius 3 is 2.55 bits per heavy atom. The van der Waals surface area contributed by atoms with Gasteiger partial charge in [0.25, 0.3) is 0 Å². The quantitative estimate of drug-likeness (QED) is 0.879. The highest BCUT2D eigenvalue weighted by atomic mass is 32.1. The highest BCUT2D eigenvalue weighted by molar-refractivity contribution is 7.10. The van der Waals surface area contributed by atoms with Crippen molar-refractivity contribution in [1.82, 2.24) is 4.37 Å². The number of aromatic carboxylic acids is 1. The fourth-order valence-corrected chi connectivity index (χ4v) is 2.54. The Labute approximate surface area is 121 Å². The second-order valence-electron chi connectivity index (χ2n) is 4.59. The van der Waals surface area contributed by atoms with E-state index in [-0.39, 0.29) is 11.7 Å². The maximum absolute atomic E-state index is 11.2. The zero-order valence-electron chi connectivity index (χ0n) is 11.5. The van der Waals surface area contributed by atoms with E-state index >= 15 is 0 Å². The first-order valence-electron chi connectivity index (χ1n) is 6.20. The summed E-state index contributed by atoms with van der Waals surface area (Å²) >= 11 is 1.14. The SMILES string of the molecule is Cc1nsc(Nc2ccc(OC(C)C)cc2)c1C(=O)O. The van der Waals surface area contributed by atoms with Crippen LogP contribution in [-0.2, 0) is 0 Å². The first-order chi connectivity index (χ1) is 9.47. The molecule has 2 aromatic rings. The molecule has 0 amide bonds. The number of carboxylic acid groups (broad SMARTS) is 1. The van der Waals surface area contributed by atoms with Crippen LogP contribution in [0.1, 0.15) is 29.9 Å². The van der Waals surface area contributed by atoms with Gasteiger partial charge in [0.1, 0.15) is 16.3 Å². The summed E-state index contributed by atoms with van der Waals surface area (Å²) in [6.45, 7) is 5.61. The molecular weight excluding hydrogens is 276 g/mol. The maximum atomic E-state index is 11.2. The smallest absolute Gasteiger partial charge is 0.340 e. The van der Waals surface area contributed by atoms with Crippen LogP contribution in [0, 0.1) is 6.92 Å². The summed E-state index contributed by atoms with van der Waals surface area (Å²) in [4.78, 5) is 11.2. The third kappa shape index (κ3) is 3.27. The molecule has 0 saturated carbocycles. The van der Waals surface area contributed by atoms with Crippen LogP contribution in [0.5, 0.6) is 5.75 Å². The number of aromatic nitrogens is 1. The van der Waals surface area contributed by atoms with Gasteiger partial charge in [0.15, 0.2) is 0 Å². The van der Waals surface area contributed by atoms with Crippen molar-refractivity contribution < 1.29 is 14.6 Å². The molecule has 0 unspecified atom stereocenters. The molecule has 1 heterocycles. The Morgan fingerprint density at radius 1 is 1.35 bits per heavy atom. The van der Waals surface area contributed by atoms with Gasteiger partial charge in [-0.05, 0) is 56.6 Å². The number of hydrogen-bond acceptors (Lipinski definition) is 5. The normalized spacial score (nSPS) is 10.6. The molecule has 20 heavy (non-hydrogen) atoms. The van der Waals surface area contributed by atoms with Crippen molar-refractivity contribution in [1.29, 1.82) is 0 Å². The fraction of sp³-hybridized carbons (Fsp3) is 0.286. The minimum Gasteiger partial charge on any atom is -0.491 e. The van der Waals surface area contributed by atoms with Gasteiger partial charge in [0.05, 0.1) is 11.8 Å². The zero-order chi connectivity index (χ0) is 14.7. The highest BCUT2D eigenvalue weighted by Gasteiger charge is 2.17. The molecule has 0 fully saturated rings. The lowest BCUT2D eigenvalue weighted by Crippen LogP contribution is -2.05. The minimum atomic E-state index is -0.974. The fourth-order valence-electron chi connectivity index (χ4n) is 1.73. The Kier molecular flexibility index (Phi) is 4.24. The number of ether oxygens (including phenoxy) is 1. The Morgan fingerprint density at radius 2 is 2.00 bits per heavy atom. The lowest BCUT2D eigenvalue weighted by Gasteiger charge is -2.10. The molecule has 0 atom stereocenters. The van der Waals surface area contributed by atoms with E-state index in [4.69, 9.17) is 9.84 Å². The number of nitrogens with one attached hydrogen (secondary N) is 1. The molecular formula is C14H16N2O3S. The van der Waals surface area contributed by atoms with Crippen LogP contribution in [0.25, 0.3) is 0 Å². The number of anilines is 2. The molecule has 0 bridgehead atoms. The molecule has 2 N–H and O–H groups in total. The first-order valence-corrected chi connectivity index (χ1v) is 6.98. The molecule has 2 rings (SSSR count). The average Bonchev–Trinajstić information content (AvgIpc) is 2.72. The van der Waals surface area contributed by atoms with Crippen molar-refractivity contribution in [3.05, 3.63) is 35.5 Å². The van der Waals surface area contributed by atoms with E-state index in [2.05, 4.69) is 9.69 Å². The van der Waals surface area contributed by atoms with Gasteiger partial charge in [0, 0.05) is 5.69 Å². The second-order valence-corrected chi connectivity index (χ2v) is 5.37. The van der Waals surface area contributed by atoms with E-state index in [0.29, 0.717) is 10.7 Å². The van der Waals surface area contributed by atoms with Crippen LogP contribution in [0.2, 0.25) is 0 Å². The largest absolute Gasteiger partial charge is 0.491 e. The van der Waals surface area contributed by atoms with Gasteiger partial charge in [-0.2, -0.15) is 4.37 Å². The first kappa shape index (κ1) is 14.3. The van der Waals surface area contributed by atoms with Gasteiger partial charge in [-0.25, -0.2) is 4.79 Å². The predicted octanol–water partition coefficient (Wildman–Crippen LogP) is 3.68. The average molecular weight is 292 g/mol. The number of nitrogens with zero attached hydrogens (tertiary/aromatic N) is 1. The molecule has 0 aliphatic heterocycles. The number of aryl methyl sites for hydroxylation is 1. The summed E-state index contributed by atoms with van der Waals surface area (Å²) < 4.78 is 9.62. The Bertz CT molecular complexity index is 605. The van der Waals surface area contributed by atoms with Crippen LogP contribution in [0.15, 0.2) is 24.3 Å². The third-order valence-electron chi connectivity index (χ3n) is 2.56. The zero-order valence-corrected chi connectivity index (χ0v) is 12.3. The third-order valence-corrected chi connectivity index (χ3v) is 3.41. The van der Waals surface area contributed by atoms with Crippen LogP contribution >= 0.6 is 11.5 Å². The van der Waals surface area contributed by atoms with E-state index in [9.17, 15) is 4.79 Å². The molecule has 6 heteroatoms. The van der Waals surface area contributed by atoms with E-state index in [1.54, 1.807) is 6.92 Å². The molecule has 0 spiro atoms. The Balaban J connectivity index is 2.16. The van der Waals surface area contributed by atoms with Gasteiger partial charge in [-0.1, -0.05) is 0 Å². The van der Waals surface area contributed by atoms with E-state index in [1.807, 2.05) is 38.1 Å². The molecule has 1 aromatic carbocycles. The van der Waals surface area contributed by atoms with Gasteiger partial charge < -0.3 is 15.2 Å². The van der Waals surface area contributed by atoms with Crippen LogP contribution in [0.4, 0.5) is 10.7 Å². The van der Waals surface area contributed by atoms with Crippen molar-refractivity contribution in [2.75, 3.05) is 5.32 Å². The Hall–Kier alpha value is -2.08. The molecule has 0 radical (unpaired) electrons. The molecule has 5 nitrogen and oxygen atoms in total. The van der Waals surface area contributed by atoms with E-state index in [1.165, 1.54) is 0 Å². The van der Waals surface area contributed by atoms with Crippen LogP contribution in [0.3, 0.4) is 0 Å². The lowest BCUT2D eigenvalue weighted by molar-refractivity contribution is 0.0697. The van der Waals surface area contributed by atoms with Crippen molar-refractivity contribution in [3.63, 3.8) is 0 Å².